The van der Waals surface area contributed by atoms with Crippen LogP contribution in [0.3, 0.4) is 0 Å². The second kappa shape index (κ2) is 8.33. The van der Waals surface area contributed by atoms with Crippen molar-refractivity contribution in [3.63, 3.8) is 0 Å². The molecule has 0 saturated carbocycles. The van der Waals surface area contributed by atoms with E-state index < -0.39 is 10.0 Å². The van der Waals surface area contributed by atoms with Crippen molar-refractivity contribution < 1.29 is 13.2 Å². The maximum absolute atomic E-state index is 12.8. The van der Waals surface area contributed by atoms with Gasteiger partial charge >= 0.3 is 0 Å². The van der Waals surface area contributed by atoms with Gasteiger partial charge in [0, 0.05) is 29.8 Å². The average Bonchev–Trinajstić information content (AvgIpc) is 3.25. The quantitative estimate of drug-likeness (QED) is 0.383. The van der Waals surface area contributed by atoms with Crippen molar-refractivity contribution in [2.24, 2.45) is 0 Å². The summed E-state index contributed by atoms with van der Waals surface area (Å²) in [6.07, 6.45) is 1.57. The predicted molar refractivity (Wildman–Crippen MR) is 119 cm³/mol. The first-order valence-corrected chi connectivity index (χ1v) is 11.3. The van der Waals surface area contributed by atoms with E-state index in [9.17, 15) is 8.42 Å². The molecule has 10 heteroatoms. The van der Waals surface area contributed by atoms with Crippen LogP contribution in [-0.4, -0.2) is 46.4 Å². The minimum Gasteiger partial charge on any atom is -0.475 e. The summed E-state index contributed by atoms with van der Waals surface area (Å²) in [7, 11) is -3.75. The molecular weight excluding hydrogens is 428 g/mol. The van der Waals surface area contributed by atoms with Gasteiger partial charge in [0.15, 0.2) is 11.5 Å². The summed E-state index contributed by atoms with van der Waals surface area (Å²) in [5, 5.41) is 13.5. The number of pyridine rings is 1. The zero-order valence-electron chi connectivity index (χ0n) is 16.8. The van der Waals surface area contributed by atoms with Crippen molar-refractivity contribution in [1.29, 1.82) is 0 Å². The molecule has 0 atom stereocenters. The molecule has 0 bridgehead atoms. The molecule has 2 aromatic carbocycles. The van der Waals surface area contributed by atoms with Gasteiger partial charge in [-0.05, 0) is 18.2 Å². The standard InChI is InChI=1S/C22H18N6O3S/c29-32(30,18-10-4-8-16-9-5-13-23-21(16)18)24-14-15-31-20-12-11-19-25-26-22(28(19)27-20)17-6-2-1-3-7-17/h1-13,24H,14-15H2. The van der Waals surface area contributed by atoms with Crippen molar-refractivity contribution in [2.75, 3.05) is 13.2 Å². The van der Waals surface area contributed by atoms with E-state index >= 15 is 0 Å². The van der Waals surface area contributed by atoms with Crippen LogP contribution in [0.5, 0.6) is 5.88 Å². The molecular formula is C22H18N6O3S. The van der Waals surface area contributed by atoms with Crippen LogP contribution in [-0.2, 0) is 10.0 Å². The lowest BCUT2D eigenvalue weighted by molar-refractivity contribution is 0.306. The molecule has 0 aliphatic rings. The highest BCUT2D eigenvalue weighted by atomic mass is 32.2. The highest BCUT2D eigenvalue weighted by molar-refractivity contribution is 7.89. The van der Waals surface area contributed by atoms with E-state index in [-0.39, 0.29) is 18.0 Å². The number of fused-ring (bicyclic) bond motifs is 2. The minimum atomic E-state index is -3.75. The van der Waals surface area contributed by atoms with Gasteiger partial charge < -0.3 is 4.74 Å². The molecule has 160 valence electrons. The average molecular weight is 446 g/mol. The molecule has 0 unspecified atom stereocenters. The van der Waals surface area contributed by atoms with Crippen LogP contribution in [0.4, 0.5) is 0 Å². The van der Waals surface area contributed by atoms with E-state index in [2.05, 4.69) is 25.0 Å². The first-order valence-electron chi connectivity index (χ1n) is 9.86. The summed E-state index contributed by atoms with van der Waals surface area (Å²) in [5.41, 5.74) is 1.89. The number of sulfonamides is 1. The fraction of sp³-hybridized carbons (Fsp3) is 0.0909. The van der Waals surface area contributed by atoms with E-state index in [0.29, 0.717) is 22.9 Å². The van der Waals surface area contributed by atoms with Gasteiger partial charge in [0.2, 0.25) is 15.9 Å². The van der Waals surface area contributed by atoms with Crippen LogP contribution >= 0.6 is 0 Å². The lowest BCUT2D eigenvalue weighted by Crippen LogP contribution is -2.28. The second-order valence-corrected chi connectivity index (χ2v) is 8.64. The van der Waals surface area contributed by atoms with Gasteiger partial charge in [0.05, 0.1) is 5.52 Å². The molecule has 0 amide bonds. The summed E-state index contributed by atoms with van der Waals surface area (Å²) in [6, 6.07) is 21.6. The molecule has 1 N–H and O–H groups in total. The third kappa shape index (κ3) is 3.88. The first kappa shape index (κ1) is 20.0. The fourth-order valence-corrected chi connectivity index (χ4v) is 4.51. The molecule has 3 heterocycles. The summed E-state index contributed by atoms with van der Waals surface area (Å²) < 4.78 is 35.3. The van der Waals surface area contributed by atoms with E-state index in [1.807, 2.05) is 42.5 Å². The van der Waals surface area contributed by atoms with E-state index in [4.69, 9.17) is 4.74 Å². The SMILES string of the molecule is O=S(=O)(NCCOc1ccc2nnc(-c3ccccc3)n2n1)c1cccc2cccnc12. The Bertz CT molecular complexity index is 1500. The Kier molecular flexibility index (Phi) is 5.21. The number of rotatable bonds is 7. The van der Waals surface area contributed by atoms with Crippen LogP contribution < -0.4 is 9.46 Å². The Morgan fingerprint density at radius 1 is 0.906 bits per heavy atom. The predicted octanol–water partition coefficient (Wildman–Crippen LogP) is 2.70. The van der Waals surface area contributed by atoms with Gasteiger partial charge in [-0.15, -0.1) is 15.3 Å². The maximum atomic E-state index is 12.8. The largest absolute Gasteiger partial charge is 0.475 e. The molecule has 5 aromatic rings. The molecule has 32 heavy (non-hydrogen) atoms. The Morgan fingerprint density at radius 3 is 2.62 bits per heavy atom. The van der Waals surface area contributed by atoms with Crippen LogP contribution in [0.25, 0.3) is 27.9 Å². The van der Waals surface area contributed by atoms with Crippen LogP contribution in [0.2, 0.25) is 0 Å². The molecule has 0 aliphatic carbocycles. The number of hydrogen-bond donors (Lipinski definition) is 1. The lowest BCUT2D eigenvalue weighted by Gasteiger charge is -2.10. The number of hydrogen-bond acceptors (Lipinski definition) is 7. The number of nitrogens with one attached hydrogen (secondary N) is 1. The zero-order valence-corrected chi connectivity index (χ0v) is 17.6. The highest BCUT2D eigenvalue weighted by Gasteiger charge is 2.17. The minimum absolute atomic E-state index is 0.0684. The van der Waals surface area contributed by atoms with Gasteiger partial charge in [-0.1, -0.05) is 48.5 Å². The second-order valence-electron chi connectivity index (χ2n) is 6.91. The van der Waals surface area contributed by atoms with Gasteiger partial charge in [-0.25, -0.2) is 13.1 Å². The zero-order chi connectivity index (χ0) is 22.0. The molecule has 0 spiro atoms. The smallest absolute Gasteiger partial charge is 0.242 e. The number of nitrogens with zero attached hydrogens (tertiary/aromatic N) is 5. The number of ether oxygens (including phenoxy) is 1. The number of aromatic nitrogens is 5. The Labute approximate surface area is 183 Å². The fourth-order valence-electron chi connectivity index (χ4n) is 3.32. The van der Waals surface area contributed by atoms with Gasteiger partial charge in [0.1, 0.15) is 11.5 Å². The molecule has 9 nitrogen and oxygen atoms in total. The third-order valence-corrected chi connectivity index (χ3v) is 6.29. The third-order valence-electron chi connectivity index (χ3n) is 4.80. The van der Waals surface area contributed by atoms with Crippen molar-refractivity contribution >= 4 is 26.6 Å². The Morgan fingerprint density at radius 2 is 1.75 bits per heavy atom. The molecule has 0 saturated heterocycles. The van der Waals surface area contributed by atoms with Crippen LogP contribution in [0, 0.1) is 0 Å². The first-order chi connectivity index (χ1) is 15.6. The number of para-hydroxylation sites is 1. The summed E-state index contributed by atoms with van der Waals surface area (Å²) >= 11 is 0. The van der Waals surface area contributed by atoms with Crippen molar-refractivity contribution in [2.45, 2.75) is 4.90 Å². The van der Waals surface area contributed by atoms with Gasteiger partial charge in [0.25, 0.3) is 0 Å². The Balaban J connectivity index is 1.28. The van der Waals surface area contributed by atoms with Crippen molar-refractivity contribution in [3.05, 3.63) is 79.0 Å². The lowest BCUT2D eigenvalue weighted by atomic mass is 10.2. The summed E-state index contributed by atoms with van der Waals surface area (Å²) in [6.45, 7) is 0.164. The van der Waals surface area contributed by atoms with E-state index in [0.717, 1.165) is 10.9 Å². The van der Waals surface area contributed by atoms with Gasteiger partial charge in [-0.2, -0.15) is 4.52 Å². The molecule has 3 aromatic heterocycles. The highest BCUT2D eigenvalue weighted by Crippen LogP contribution is 2.21. The maximum Gasteiger partial charge on any atom is 0.242 e. The Hall–Kier alpha value is -3.89. The summed E-state index contributed by atoms with van der Waals surface area (Å²) in [5.74, 6) is 0.927. The van der Waals surface area contributed by atoms with Crippen molar-refractivity contribution in [3.8, 4) is 17.3 Å². The topological polar surface area (TPSA) is 111 Å². The number of benzene rings is 2. The van der Waals surface area contributed by atoms with Crippen molar-refractivity contribution in [1.82, 2.24) is 29.5 Å². The van der Waals surface area contributed by atoms with E-state index in [1.54, 1.807) is 35.0 Å². The molecule has 5 rings (SSSR count). The normalized spacial score (nSPS) is 11.8. The van der Waals surface area contributed by atoms with Gasteiger partial charge in [-0.3, -0.25) is 4.98 Å². The monoisotopic (exact) mass is 446 g/mol. The summed E-state index contributed by atoms with van der Waals surface area (Å²) in [4.78, 5) is 4.34. The van der Waals surface area contributed by atoms with Crippen LogP contribution in [0.15, 0.2) is 83.9 Å². The van der Waals surface area contributed by atoms with E-state index in [1.165, 1.54) is 6.07 Å². The molecule has 0 fully saturated rings. The van der Waals surface area contributed by atoms with Crippen LogP contribution in [0.1, 0.15) is 0 Å². The molecule has 0 aliphatic heterocycles. The molecule has 0 radical (unpaired) electrons.